The Morgan fingerprint density at radius 3 is 2.60 bits per heavy atom. The van der Waals surface area contributed by atoms with Crippen molar-refractivity contribution in [3.05, 3.63) is 40.7 Å². The predicted molar refractivity (Wildman–Crippen MR) is 84.9 cm³/mol. The number of nitrogens with zero attached hydrogens (tertiary/aromatic N) is 5. The minimum atomic E-state index is -4.30. The lowest BCUT2D eigenvalue weighted by atomic mass is 10.1. The van der Waals surface area contributed by atoms with Gasteiger partial charge in [0, 0.05) is 43.6 Å². The zero-order valence-electron chi connectivity index (χ0n) is 13.1. The number of rotatable bonds is 6. The van der Waals surface area contributed by atoms with E-state index in [1.54, 1.807) is 14.1 Å². The van der Waals surface area contributed by atoms with Crippen LogP contribution in [-0.2, 0) is 10.0 Å². The van der Waals surface area contributed by atoms with Gasteiger partial charge in [0.25, 0.3) is 15.7 Å². The highest BCUT2D eigenvalue weighted by atomic mass is 32.2. The summed E-state index contributed by atoms with van der Waals surface area (Å²) in [6.07, 6.45) is 3.00. The summed E-state index contributed by atoms with van der Waals surface area (Å²) in [5.74, 6) is 0. The summed E-state index contributed by atoms with van der Waals surface area (Å²) in [5.41, 5.74) is -0.425. The van der Waals surface area contributed by atoms with E-state index in [4.69, 9.17) is 0 Å². The van der Waals surface area contributed by atoms with Crippen molar-refractivity contribution in [3.63, 3.8) is 0 Å². The molecule has 1 aromatic heterocycles. The maximum atomic E-state index is 12.7. The molecule has 25 heavy (non-hydrogen) atoms. The van der Waals surface area contributed by atoms with Gasteiger partial charge in [-0.1, -0.05) is 0 Å². The summed E-state index contributed by atoms with van der Waals surface area (Å²) in [6.45, 7) is -2.90. The number of nitro benzene ring substituents is 1. The lowest BCUT2D eigenvalue weighted by Crippen LogP contribution is -2.10. The zero-order chi connectivity index (χ0) is 18.8. The highest BCUT2D eigenvalue weighted by Crippen LogP contribution is 2.32. The Morgan fingerprint density at radius 1 is 1.40 bits per heavy atom. The van der Waals surface area contributed by atoms with Gasteiger partial charge in [-0.2, -0.15) is 22.3 Å². The maximum absolute atomic E-state index is 12.7. The molecule has 0 radical (unpaired) electrons. The third-order valence-corrected chi connectivity index (χ3v) is 4.25. The number of benzene rings is 1. The van der Waals surface area contributed by atoms with Crippen LogP contribution in [0.1, 0.15) is 6.55 Å². The van der Waals surface area contributed by atoms with Crippen molar-refractivity contribution in [1.82, 2.24) is 14.7 Å². The molecule has 0 saturated carbocycles. The second-order valence-electron chi connectivity index (χ2n) is 5.08. The van der Waals surface area contributed by atoms with E-state index >= 15 is 0 Å². The lowest BCUT2D eigenvalue weighted by Gasteiger charge is -2.07. The van der Waals surface area contributed by atoms with Gasteiger partial charge in [-0.05, 0) is 6.07 Å². The molecule has 0 bridgehead atoms. The van der Waals surface area contributed by atoms with Crippen LogP contribution < -0.4 is 0 Å². The van der Waals surface area contributed by atoms with Crippen molar-refractivity contribution in [1.29, 1.82) is 0 Å². The number of alkyl halides is 2. The highest BCUT2D eigenvalue weighted by Gasteiger charge is 2.23. The molecule has 0 atom stereocenters. The Balaban J connectivity index is 2.65. The zero-order valence-corrected chi connectivity index (χ0v) is 13.9. The van der Waals surface area contributed by atoms with Crippen LogP contribution in [-0.4, -0.2) is 48.5 Å². The van der Waals surface area contributed by atoms with E-state index in [0.29, 0.717) is 4.68 Å². The van der Waals surface area contributed by atoms with E-state index in [-0.39, 0.29) is 11.1 Å². The van der Waals surface area contributed by atoms with Crippen molar-refractivity contribution in [2.24, 2.45) is 4.40 Å². The van der Waals surface area contributed by atoms with Crippen molar-refractivity contribution in [3.8, 4) is 11.1 Å². The van der Waals surface area contributed by atoms with Crippen LogP contribution in [0.4, 0.5) is 14.5 Å². The molecule has 0 aliphatic heterocycles. The summed E-state index contributed by atoms with van der Waals surface area (Å²) >= 11 is 0. The molecule has 1 heterocycles. The number of hydrogen-bond donors (Lipinski definition) is 0. The van der Waals surface area contributed by atoms with E-state index < -0.39 is 32.1 Å². The SMILES string of the molecule is CN(C)C=NS(=O)(=O)c1cc([N+](=O)[O-])ccc1-c1cnn(C(F)F)c1. The summed E-state index contributed by atoms with van der Waals surface area (Å²) in [6, 6.07) is 3.06. The molecule has 0 fully saturated rings. The largest absolute Gasteiger partial charge is 0.368 e. The lowest BCUT2D eigenvalue weighted by molar-refractivity contribution is -0.385. The molecule has 0 aliphatic rings. The Morgan fingerprint density at radius 2 is 2.08 bits per heavy atom. The fourth-order valence-electron chi connectivity index (χ4n) is 1.87. The molecular weight excluding hydrogens is 360 g/mol. The van der Waals surface area contributed by atoms with Crippen molar-refractivity contribution < 1.29 is 22.1 Å². The first-order valence-electron chi connectivity index (χ1n) is 6.70. The molecule has 0 aliphatic carbocycles. The second-order valence-corrected chi connectivity index (χ2v) is 6.68. The molecule has 134 valence electrons. The number of nitro groups is 1. The van der Waals surface area contributed by atoms with Gasteiger partial charge in [-0.25, -0.2) is 4.68 Å². The topological polar surface area (TPSA) is 111 Å². The minimum Gasteiger partial charge on any atom is -0.368 e. The summed E-state index contributed by atoms with van der Waals surface area (Å²) in [7, 11) is -1.22. The molecule has 0 saturated heterocycles. The van der Waals surface area contributed by atoms with Crippen LogP contribution in [0, 0.1) is 10.1 Å². The fourth-order valence-corrected chi connectivity index (χ4v) is 3.03. The predicted octanol–water partition coefficient (Wildman–Crippen LogP) is 2.13. The van der Waals surface area contributed by atoms with Crippen LogP contribution in [0.2, 0.25) is 0 Å². The molecule has 2 aromatic rings. The maximum Gasteiger partial charge on any atom is 0.333 e. The Bertz CT molecular complexity index is 924. The monoisotopic (exact) mass is 373 g/mol. The molecular formula is C13H13F2N5O4S. The van der Waals surface area contributed by atoms with Gasteiger partial charge in [-0.3, -0.25) is 10.1 Å². The van der Waals surface area contributed by atoms with Gasteiger partial charge >= 0.3 is 6.55 Å². The van der Waals surface area contributed by atoms with Crippen molar-refractivity contribution in [2.45, 2.75) is 11.4 Å². The number of halogens is 2. The molecule has 12 heteroatoms. The quantitative estimate of drug-likeness (QED) is 0.332. The second kappa shape index (κ2) is 6.93. The Labute approximate surface area is 141 Å². The van der Waals surface area contributed by atoms with Gasteiger partial charge in [0.05, 0.1) is 11.1 Å². The van der Waals surface area contributed by atoms with Crippen LogP contribution in [0.3, 0.4) is 0 Å². The van der Waals surface area contributed by atoms with Gasteiger partial charge in [0.1, 0.15) is 11.2 Å². The average molecular weight is 373 g/mol. The Hall–Kier alpha value is -2.89. The van der Waals surface area contributed by atoms with Gasteiger partial charge in [0.15, 0.2) is 0 Å². The highest BCUT2D eigenvalue weighted by molar-refractivity contribution is 7.90. The molecule has 1 aromatic carbocycles. The summed E-state index contributed by atoms with van der Waals surface area (Å²) < 4.78 is 54.0. The van der Waals surface area contributed by atoms with E-state index in [9.17, 15) is 27.3 Å². The normalized spacial score (nSPS) is 12.0. The number of sulfonamides is 1. The number of hydrogen-bond acceptors (Lipinski definition) is 5. The van der Waals surface area contributed by atoms with Crippen molar-refractivity contribution in [2.75, 3.05) is 14.1 Å². The first kappa shape index (κ1) is 18.4. The third-order valence-electron chi connectivity index (χ3n) is 2.98. The number of non-ortho nitro benzene ring substituents is 1. The third kappa shape index (κ3) is 4.15. The van der Waals surface area contributed by atoms with Gasteiger partial charge in [0.2, 0.25) is 0 Å². The first-order chi connectivity index (χ1) is 11.6. The Kier molecular flexibility index (Phi) is 5.11. The minimum absolute atomic E-state index is 0.0200. The van der Waals surface area contributed by atoms with Crippen LogP contribution in [0.15, 0.2) is 39.9 Å². The molecule has 0 spiro atoms. The molecule has 0 amide bonds. The molecule has 0 N–H and O–H groups in total. The van der Waals surface area contributed by atoms with Gasteiger partial charge in [-0.15, -0.1) is 4.40 Å². The van der Waals surface area contributed by atoms with E-state index in [0.717, 1.165) is 36.9 Å². The number of aromatic nitrogens is 2. The molecule has 0 unspecified atom stereocenters. The first-order valence-corrected chi connectivity index (χ1v) is 8.14. The van der Waals surface area contributed by atoms with E-state index in [1.807, 2.05) is 0 Å². The van der Waals surface area contributed by atoms with Crippen molar-refractivity contribution >= 4 is 22.0 Å². The van der Waals surface area contributed by atoms with Crippen LogP contribution >= 0.6 is 0 Å². The van der Waals surface area contributed by atoms with E-state index in [1.165, 1.54) is 4.90 Å². The summed E-state index contributed by atoms with van der Waals surface area (Å²) in [5, 5.41) is 14.4. The smallest absolute Gasteiger partial charge is 0.333 e. The van der Waals surface area contributed by atoms with Gasteiger partial charge < -0.3 is 4.90 Å². The van der Waals surface area contributed by atoms with Crippen LogP contribution in [0.25, 0.3) is 11.1 Å². The molecule has 9 nitrogen and oxygen atoms in total. The van der Waals surface area contributed by atoms with Crippen LogP contribution in [0.5, 0.6) is 0 Å². The standard InChI is InChI=1S/C13H13F2N5O4S/c1-18(2)8-17-25(23,24)12-5-10(20(21)22)3-4-11(12)9-6-16-19(7-9)13(14)15/h3-8,13H,1-2H3. The molecule has 2 rings (SSSR count). The summed E-state index contributed by atoms with van der Waals surface area (Å²) in [4.78, 5) is 11.1. The fraction of sp³-hybridized carbons (Fsp3) is 0.231. The average Bonchev–Trinajstić information content (AvgIpc) is 3.02. The van der Waals surface area contributed by atoms with E-state index in [2.05, 4.69) is 9.50 Å².